The van der Waals surface area contributed by atoms with Crippen molar-refractivity contribution in [2.24, 2.45) is 0 Å². The minimum absolute atomic E-state index is 0.772. The maximum absolute atomic E-state index is 6.04. The van der Waals surface area contributed by atoms with E-state index in [9.17, 15) is 0 Å². The van der Waals surface area contributed by atoms with Crippen LogP contribution in [0, 0.1) is 0 Å². The van der Waals surface area contributed by atoms with Crippen LogP contribution < -0.4 is 17.3 Å². The fraction of sp³-hybridized carbons (Fsp3) is 0.405. The fourth-order valence-electron chi connectivity index (χ4n) is 4.94. The Bertz CT molecular complexity index is 1270. The molecule has 1 aromatic heterocycles. The van der Waals surface area contributed by atoms with E-state index in [4.69, 9.17) is 9.47 Å². The van der Waals surface area contributed by atoms with Crippen molar-refractivity contribution in [3.8, 4) is 21.9 Å². The van der Waals surface area contributed by atoms with Crippen molar-refractivity contribution in [1.29, 1.82) is 0 Å². The summed E-state index contributed by atoms with van der Waals surface area (Å²) in [5, 5.41) is 0. The number of nitrogens with zero attached hydrogens (tertiary/aromatic N) is 1. The van der Waals surface area contributed by atoms with E-state index in [1.54, 1.807) is 2.89 Å². The number of rotatable bonds is 17. The quantitative estimate of drug-likeness (QED) is 0.0813. The summed E-state index contributed by atoms with van der Waals surface area (Å²) in [5.41, 5.74) is 4.63. The molecule has 4 aromatic rings. The third-order valence-electron chi connectivity index (χ3n) is 7.48. The average molecular weight is 691 g/mol. The van der Waals surface area contributed by atoms with Crippen LogP contribution in [0.4, 0.5) is 17.1 Å². The van der Waals surface area contributed by atoms with Crippen LogP contribution in [0.15, 0.2) is 84.9 Å². The van der Waals surface area contributed by atoms with Gasteiger partial charge in [0.25, 0.3) is 0 Å². The Morgan fingerprint density at radius 1 is 0.548 bits per heavy atom. The van der Waals surface area contributed by atoms with E-state index in [1.165, 1.54) is 49.0 Å². The monoisotopic (exact) mass is 691 g/mol. The van der Waals surface area contributed by atoms with Gasteiger partial charge in [-0.05, 0) is 12.8 Å². The summed E-state index contributed by atoms with van der Waals surface area (Å²) < 4.78 is 13.7. The summed E-state index contributed by atoms with van der Waals surface area (Å²) in [6.07, 6.45) is 9.68. The van der Waals surface area contributed by atoms with Crippen molar-refractivity contribution in [2.75, 3.05) is 18.1 Å². The third-order valence-corrected chi connectivity index (χ3v) is 18.1. The van der Waals surface area contributed by atoms with E-state index in [2.05, 4.69) is 118 Å². The molecular formula is C37H49NO2SSn. The fourth-order valence-corrected chi connectivity index (χ4v) is 11.2. The predicted molar refractivity (Wildman–Crippen MR) is 187 cm³/mol. The van der Waals surface area contributed by atoms with E-state index in [-0.39, 0.29) is 0 Å². The van der Waals surface area contributed by atoms with Crippen molar-refractivity contribution in [3.05, 3.63) is 84.9 Å². The van der Waals surface area contributed by atoms with Gasteiger partial charge in [0.15, 0.2) is 0 Å². The van der Waals surface area contributed by atoms with Gasteiger partial charge in [0.2, 0.25) is 0 Å². The summed E-state index contributed by atoms with van der Waals surface area (Å²) in [4.78, 5) is 11.1. The first-order valence-electron chi connectivity index (χ1n) is 15.9. The first-order chi connectivity index (χ1) is 20.4. The molecule has 0 saturated heterocycles. The van der Waals surface area contributed by atoms with Gasteiger partial charge in [0.05, 0.1) is 13.2 Å². The van der Waals surface area contributed by atoms with Gasteiger partial charge in [-0.25, -0.2) is 0 Å². The molecule has 3 aromatic carbocycles. The second-order valence-electron chi connectivity index (χ2n) is 12.1. The zero-order valence-electron chi connectivity index (χ0n) is 26.3. The van der Waals surface area contributed by atoms with Crippen LogP contribution in [-0.4, -0.2) is 31.6 Å². The third kappa shape index (κ3) is 9.53. The number of benzene rings is 3. The Balaban J connectivity index is 1.54. The van der Waals surface area contributed by atoms with Crippen LogP contribution in [-0.2, 0) is 0 Å². The molecule has 0 aliphatic heterocycles. The zero-order chi connectivity index (χ0) is 29.8. The number of hydrogen-bond donors (Lipinski definition) is 0. The molecular weight excluding hydrogens is 641 g/mol. The van der Waals surface area contributed by atoms with Crippen molar-refractivity contribution in [1.82, 2.24) is 0 Å². The number of thiophene rings is 1. The van der Waals surface area contributed by atoms with Crippen molar-refractivity contribution in [3.63, 3.8) is 0 Å². The van der Waals surface area contributed by atoms with Crippen LogP contribution in [0.1, 0.15) is 65.2 Å². The van der Waals surface area contributed by atoms with Gasteiger partial charge in [-0.3, -0.25) is 0 Å². The topological polar surface area (TPSA) is 21.7 Å². The van der Waals surface area contributed by atoms with Crippen molar-refractivity contribution >= 4 is 49.7 Å². The Hall–Kier alpha value is -2.44. The molecule has 0 bridgehead atoms. The normalized spacial score (nSPS) is 11.5. The summed E-state index contributed by atoms with van der Waals surface area (Å²) in [7, 11) is 0. The standard InChI is InChI=1S/C34H40NO2S.3CH3.Sn/c1-3-5-7-9-25-36-32-21-17-30(18-22-32)35(29-15-13-28(14-16-29)34-12-11-27-38-34)31-19-23-33(24-20-31)37-26-10-8-6-4-2;;;;/h11-24H,3-10,25-26H2,1-2H3;3*1H3;. The molecule has 3 nitrogen and oxygen atoms in total. The molecule has 0 aliphatic carbocycles. The molecule has 0 amide bonds. The van der Waals surface area contributed by atoms with Gasteiger partial charge >= 0.3 is 176 Å². The van der Waals surface area contributed by atoms with E-state index >= 15 is 0 Å². The first-order valence-corrected chi connectivity index (χ1v) is 26.7. The second-order valence-corrected chi connectivity index (χ2v) is 28.6. The molecule has 0 aliphatic rings. The summed E-state index contributed by atoms with van der Waals surface area (Å²) >= 11 is -0.0907. The molecule has 0 N–H and O–H groups in total. The molecule has 42 heavy (non-hydrogen) atoms. The molecule has 0 atom stereocenters. The Morgan fingerprint density at radius 3 is 1.40 bits per heavy atom. The molecule has 0 saturated carbocycles. The molecule has 5 heteroatoms. The van der Waals surface area contributed by atoms with Gasteiger partial charge < -0.3 is 9.47 Å². The SMILES string of the molecule is CCCCCCOc1ccc(N(c2ccc(OCCCCCC)cc2)c2ccc(-c3cc[c]([Sn]([CH3])([CH3])[CH3])s3)cc2)cc1. The van der Waals surface area contributed by atoms with E-state index in [0.29, 0.717) is 0 Å². The van der Waals surface area contributed by atoms with Crippen molar-refractivity contribution in [2.45, 2.75) is 80.0 Å². The van der Waals surface area contributed by atoms with Crippen LogP contribution in [0.5, 0.6) is 11.5 Å². The average Bonchev–Trinajstić information content (AvgIpc) is 3.51. The molecule has 1 heterocycles. The molecule has 0 unspecified atom stereocenters. The van der Waals surface area contributed by atoms with E-state index in [1.807, 2.05) is 11.3 Å². The van der Waals surface area contributed by atoms with E-state index < -0.39 is 18.4 Å². The molecule has 224 valence electrons. The Labute approximate surface area is 262 Å². The predicted octanol–water partition coefficient (Wildman–Crippen LogP) is 11.3. The van der Waals surface area contributed by atoms with Crippen LogP contribution in [0.25, 0.3) is 10.4 Å². The number of anilines is 3. The van der Waals surface area contributed by atoms with E-state index in [0.717, 1.165) is 54.6 Å². The molecule has 4 rings (SSSR count). The summed E-state index contributed by atoms with van der Waals surface area (Å²) in [6.45, 7) is 6.02. The maximum atomic E-state index is 6.04. The van der Waals surface area contributed by atoms with Gasteiger partial charge in [0, 0.05) is 0 Å². The Morgan fingerprint density at radius 2 is 1.00 bits per heavy atom. The second kappa shape index (κ2) is 16.4. The number of ether oxygens (including phenoxy) is 2. The molecule has 0 spiro atoms. The van der Waals surface area contributed by atoms with Crippen molar-refractivity contribution < 1.29 is 9.47 Å². The zero-order valence-corrected chi connectivity index (χ0v) is 30.0. The number of hydrogen-bond acceptors (Lipinski definition) is 4. The van der Waals surface area contributed by atoms with Crippen LogP contribution in [0.2, 0.25) is 14.8 Å². The molecule has 0 radical (unpaired) electrons. The Kier molecular flexibility index (Phi) is 12.7. The van der Waals surface area contributed by atoms with Gasteiger partial charge in [-0.1, -0.05) is 52.4 Å². The van der Waals surface area contributed by atoms with Gasteiger partial charge in [0.1, 0.15) is 0 Å². The minimum atomic E-state index is -2.07. The molecule has 0 fully saturated rings. The van der Waals surface area contributed by atoms with Crippen LogP contribution >= 0.6 is 11.3 Å². The first kappa shape index (κ1) is 32.5. The van der Waals surface area contributed by atoms with Gasteiger partial charge in [-0.2, -0.15) is 0 Å². The number of unbranched alkanes of at least 4 members (excludes halogenated alkanes) is 6. The van der Waals surface area contributed by atoms with Crippen LogP contribution in [0.3, 0.4) is 0 Å². The summed E-state index contributed by atoms with van der Waals surface area (Å²) in [6, 6.07) is 30.7. The summed E-state index contributed by atoms with van der Waals surface area (Å²) in [5.74, 6) is 1.85. The van der Waals surface area contributed by atoms with Gasteiger partial charge in [-0.15, -0.1) is 0 Å².